The fourth-order valence-corrected chi connectivity index (χ4v) is 3.66. The maximum atomic E-state index is 12.9. The maximum absolute atomic E-state index is 12.9. The molecule has 0 radical (unpaired) electrons. The summed E-state index contributed by atoms with van der Waals surface area (Å²) < 4.78 is 25.2. The molecule has 0 heterocycles. The van der Waals surface area contributed by atoms with E-state index in [2.05, 4.69) is 10.0 Å². The van der Waals surface area contributed by atoms with Crippen molar-refractivity contribution in [1.29, 1.82) is 0 Å². The predicted octanol–water partition coefficient (Wildman–Crippen LogP) is 4.85. The molecule has 1 amide bonds. The molecule has 3 rings (SSSR count). The highest BCUT2D eigenvalue weighted by molar-refractivity contribution is 7.92. The summed E-state index contributed by atoms with van der Waals surface area (Å²) in [6, 6.07) is 17.3. The van der Waals surface area contributed by atoms with Crippen LogP contribution in [0.3, 0.4) is 0 Å². The van der Waals surface area contributed by atoms with Gasteiger partial charge in [-0.25, -0.2) is 8.42 Å². The summed E-state index contributed by atoms with van der Waals surface area (Å²) in [6.45, 7) is 0. The number of hydrogen-bond donors (Lipinski definition) is 2. The Morgan fingerprint density at radius 3 is 2.23 bits per heavy atom. The molecule has 3 aromatic carbocycles. The lowest BCUT2D eigenvalue weighted by atomic mass is 10.0. The molecule has 0 saturated carbocycles. The van der Waals surface area contributed by atoms with E-state index in [0.717, 1.165) is 6.26 Å². The average molecular weight is 463 g/mol. The van der Waals surface area contributed by atoms with Gasteiger partial charge in [-0.05, 0) is 36.4 Å². The standard InChI is InChI=1S/C21H16Cl2N2O4S/c1-30(28,29)25-15-8-9-18(23)16(12-15)21(27)24-19-10-7-14(22)11-17(19)20(26)13-5-3-2-4-6-13/h2-12,25H,1H3,(H,24,27). The van der Waals surface area contributed by atoms with Crippen molar-refractivity contribution in [1.82, 2.24) is 0 Å². The quantitative estimate of drug-likeness (QED) is 0.512. The largest absolute Gasteiger partial charge is 0.321 e. The molecular formula is C21H16Cl2N2O4S. The summed E-state index contributed by atoms with van der Waals surface area (Å²) in [6.07, 6.45) is 0.997. The van der Waals surface area contributed by atoms with Crippen LogP contribution in [0.15, 0.2) is 66.7 Å². The molecular weight excluding hydrogens is 447 g/mol. The van der Waals surface area contributed by atoms with Gasteiger partial charge in [0.2, 0.25) is 10.0 Å². The van der Waals surface area contributed by atoms with Gasteiger partial charge in [0, 0.05) is 21.8 Å². The highest BCUT2D eigenvalue weighted by Crippen LogP contribution is 2.26. The monoisotopic (exact) mass is 462 g/mol. The average Bonchev–Trinajstić information content (AvgIpc) is 2.69. The minimum atomic E-state index is -3.53. The highest BCUT2D eigenvalue weighted by Gasteiger charge is 2.18. The molecule has 0 aliphatic carbocycles. The van der Waals surface area contributed by atoms with E-state index in [1.165, 1.54) is 30.3 Å². The topological polar surface area (TPSA) is 92.3 Å². The number of sulfonamides is 1. The van der Waals surface area contributed by atoms with Gasteiger partial charge in [-0.3, -0.25) is 14.3 Å². The van der Waals surface area contributed by atoms with E-state index in [-0.39, 0.29) is 33.3 Å². The van der Waals surface area contributed by atoms with E-state index >= 15 is 0 Å². The Morgan fingerprint density at radius 2 is 1.57 bits per heavy atom. The SMILES string of the molecule is CS(=O)(=O)Nc1ccc(Cl)c(C(=O)Nc2ccc(Cl)cc2C(=O)c2ccccc2)c1. The number of anilines is 2. The zero-order valence-electron chi connectivity index (χ0n) is 15.6. The minimum Gasteiger partial charge on any atom is -0.321 e. The van der Waals surface area contributed by atoms with Gasteiger partial charge in [0.1, 0.15) is 0 Å². The fraction of sp³-hybridized carbons (Fsp3) is 0.0476. The van der Waals surface area contributed by atoms with E-state index in [0.29, 0.717) is 10.6 Å². The molecule has 0 atom stereocenters. The van der Waals surface area contributed by atoms with E-state index in [1.807, 2.05) is 0 Å². The molecule has 9 heteroatoms. The number of carbonyl (C=O) groups is 2. The number of amides is 1. The number of benzene rings is 3. The van der Waals surface area contributed by atoms with E-state index in [4.69, 9.17) is 23.2 Å². The summed E-state index contributed by atoms with van der Waals surface area (Å²) in [7, 11) is -3.53. The van der Waals surface area contributed by atoms with Crippen molar-refractivity contribution in [3.8, 4) is 0 Å². The minimum absolute atomic E-state index is 0.0402. The molecule has 0 aliphatic heterocycles. The lowest BCUT2D eigenvalue weighted by Crippen LogP contribution is -2.16. The Labute approximate surface area is 183 Å². The first kappa shape index (κ1) is 21.8. The van der Waals surface area contributed by atoms with E-state index in [9.17, 15) is 18.0 Å². The van der Waals surface area contributed by atoms with Crippen LogP contribution < -0.4 is 10.0 Å². The van der Waals surface area contributed by atoms with Crippen LogP contribution in [0.1, 0.15) is 26.3 Å². The smallest absolute Gasteiger partial charge is 0.257 e. The van der Waals surface area contributed by atoms with Crippen LogP contribution in [0.2, 0.25) is 10.0 Å². The Morgan fingerprint density at radius 1 is 0.867 bits per heavy atom. The molecule has 0 bridgehead atoms. The van der Waals surface area contributed by atoms with E-state index < -0.39 is 15.9 Å². The summed E-state index contributed by atoms with van der Waals surface area (Å²) >= 11 is 12.2. The molecule has 3 aromatic rings. The molecule has 0 saturated heterocycles. The third-order valence-corrected chi connectivity index (χ3v) is 5.20. The lowest BCUT2D eigenvalue weighted by Gasteiger charge is -2.13. The molecule has 30 heavy (non-hydrogen) atoms. The molecule has 6 nitrogen and oxygen atoms in total. The van der Waals surface area contributed by atoms with Crippen LogP contribution >= 0.6 is 23.2 Å². The van der Waals surface area contributed by atoms with Gasteiger partial charge in [0.05, 0.1) is 22.5 Å². The second-order valence-electron chi connectivity index (χ2n) is 6.41. The normalized spacial score (nSPS) is 11.0. The van der Waals surface area contributed by atoms with Crippen molar-refractivity contribution in [2.24, 2.45) is 0 Å². The third kappa shape index (κ3) is 5.38. The van der Waals surface area contributed by atoms with Crippen molar-refractivity contribution >= 4 is 56.3 Å². The van der Waals surface area contributed by atoms with Crippen LogP contribution in [0.25, 0.3) is 0 Å². The van der Waals surface area contributed by atoms with Gasteiger partial charge in [0.15, 0.2) is 5.78 Å². The number of nitrogens with one attached hydrogen (secondary N) is 2. The van der Waals surface area contributed by atoms with Crippen molar-refractivity contribution in [2.45, 2.75) is 0 Å². The summed E-state index contributed by atoms with van der Waals surface area (Å²) in [5.74, 6) is -0.923. The molecule has 0 aromatic heterocycles. The van der Waals surface area contributed by atoms with E-state index in [1.54, 1.807) is 36.4 Å². The summed E-state index contributed by atoms with van der Waals surface area (Å²) in [4.78, 5) is 25.7. The van der Waals surface area contributed by atoms with Crippen LogP contribution in [0.4, 0.5) is 11.4 Å². The Kier molecular flexibility index (Phi) is 6.45. The molecule has 0 fully saturated rings. The third-order valence-electron chi connectivity index (χ3n) is 4.02. The van der Waals surface area contributed by atoms with Crippen molar-refractivity contribution in [3.05, 3.63) is 93.5 Å². The fourth-order valence-electron chi connectivity index (χ4n) is 2.72. The Bertz CT molecular complexity index is 1230. The molecule has 0 aliphatic rings. The van der Waals surface area contributed by atoms with Gasteiger partial charge in [-0.15, -0.1) is 0 Å². The lowest BCUT2D eigenvalue weighted by molar-refractivity contribution is 0.102. The van der Waals surface area contributed by atoms with Gasteiger partial charge >= 0.3 is 0 Å². The molecule has 154 valence electrons. The number of halogens is 2. The maximum Gasteiger partial charge on any atom is 0.257 e. The van der Waals surface area contributed by atoms with Crippen LogP contribution in [0.5, 0.6) is 0 Å². The zero-order valence-corrected chi connectivity index (χ0v) is 18.0. The highest BCUT2D eigenvalue weighted by atomic mass is 35.5. The molecule has 2 N–H and O–H groups in total. The second kappa shape index (κ2) is 8.87. The van der Waals surface area contributed by atoms with Gasteiger partial charge in [-0.2, -0.15) is 0 Å². The van der Waals surface area contributed by atoms with Crippen LogP contribution in [0, 0.1) is 0 Å². The first-order valence-corrected chi connectivity index (χ1v) is 11.3. The van der Waals surface area contributed by atoms with Crippen LogP contribution in [-0.2, 0) is 10.0 Å². The van der Waals surface area contributed by atoms with Gasteiger partial charge < -0.3 is 5.32 Å². The molecule has 0 unspecified atom stereocenters. The summed E-state index contributed by atoms with van der Waals surface area (Å²) in [5, 5.41) is 3.11. The second-order valence-corrected chi connectivity index (χ2v) is 9.00. The number of ketones is 1. The number of rotatable bonds is 6. The van der Waals surface area contributed by atoms with Crippen molar-refractivity contribution in [2.75, 3.05) is 16.3 Å². The number of carbonyl (C=O) groups excluding carboxylic acids is 2. The Balaban J connectivity index is 1.95. The molecule has 0 spiro atoms. The zero-order chi connectivity index (χ0) is 21.9. The van der Waals surface area contributed by atoms with Crippen molar-refractivity contribution < 1.29 is 18.0 Å². The Hall–Kier alpha value is -2.87. The number of hydrogen-bond acceptors (Lipinski definition) is 4. The predicted molar refractivity (Wildman–Crippen MR) is 119 cm³/mol. The van der Waals surface area contributed by atoms with Gasteiger partial charge in [-0.1, -0.05) is 53.5 Å². The first-order valence-electron chi connectivity index (χ1n) is 8.62. The van der Waals surface area contributed by atoms with Crippen LogP contribution in [-0.4, -0.2) is 26.4 Å². The summed E-state index contributed by atoms with van der Waals surface area (Å²) in [5.41, 5.74) is 1.12. The first-order chi connectivity index (χ1) is 14.1. The van der Waals surface area contributed by atoms with Crippen molar-refractivity contribution in [3.63, 3.8) is 0 Å². The van der Waals surface area contributed by atoms with Gasteiger partial charge in [0.25, 0.3) is 5.91 Å².